The van der Waals surface area contributed by atoms with Gasteiger partial charge in [0.2, 0.25) is 0 Å². The molecule has 15 rings (SSSR count). The van der Waals surface area contributed by atoms with Crippen molar-refractivity contribution in [3.63, 3.8) is 0 Å². The van der Waals surface area contributed by atoms with Gasteiger partial charge in [-0.3, -0.25) is 0 Å². The average Bonchev–Trinajstić information content (AvgIpc) is 4.06. The van der Waals surface area contributed by atoms with Crippen molar-refractivity contribution >= 4 is 120 Å². The minimum Gasteiger partial charge on any atom is -0.456 e. The molecule has 1 atom stereocenters. The summed E-state index contributed by atoms with van der Waals surface area (Å²) in [6.07, 6.45) is 0. The Morgan fingerprint density at radius 2 is 1.18 bits per heavy atom. The van der Waals surface area contributed by atoms with Crippen molar-refractivity contribution in [1.82, 2.24) is 9.88 Å². The van der Waals surface area contributed by atoms with E-state index in [-0.39, 0.29) is 0 Å². The summed E-state index contributed by atoms with van der Waals surface area (Å²) in [5, 5.41) is 19.3. The Balaban J connectivity index is 1.09. The second-order valence-electron chi connectivity index (χ2n) is 18.1. The van der Waals surface area contributed by atoms with E-state index in [0.717, 1.165) is 126 Å². The molecular formula is C62H36N4O2. The molecule has 0 spiro atoms. The largest absolute Gasteiger partial charge is 0.456 e. The number of benzene rings is 10. The van der Waals surface area contributed by atoms with Gasteiger partial charge in [0.1, 0.15) is 22.6 Å². The third-order valence-corrected chi connectivity index (χ3v) is 14.1. The van der Waals surface area contributed by atoms with E-state index in [1.165, 1.54) is 5.39 Å². The molecule has 1 unspecified atom stereocenters. The maximum atomic E-state index is 7.31. The Hall–Kier alpha value is -9.18. The molecule has 0 saturated heterocycles. The molecule has 3 aromatic heterocycles. The fourth-order valence-electron chi connectivity index (χ4n) is 11.0. The standard InChI is InChI=1S/C62H36N4O2/c1-62(64-60(43-26-25-36-13-2-3-15-38(36)31-43)63-61(65-62)48-22-12-24-54-56(48)47-21-10-11-23-53(47)67-54)51-30-29-46-50-33-40-17-5-7-19-42(40)35-55(50)68-59(46)58(51)66-52-34-41-18-6-4-16-39(41)32-49(52)45-28-27-37-14-8-9-20-44(37)57(45)66/h2-24,27-35H,1H3,(H,63,64,65). The number of rotatable bonds is 4. The quantitative estimate of drug-likeness (QED) is 0.192. The van der Waals surface area contributed by atoms with E-state index in [9.17, 15) is 0 Å². The lowest BCUT2D eigenvalue weighted by atomic mass is 9.94. The summed E-state index contributed by atoms with van der Waals surface area (Å²) in [6.45, 7) is 2.16. The van der Waals surface area contributed by atoms with Crippen LogP contribution >= 0.6 is 0 Å². The molecule has 0 radical (unpaired) electrons. The monoisotopic (exact) mass is 868 g/mol. The van der Waals surface area contributed by atoms with E-state index >= 15 is 0 Å². The number of fused-ring (bicyclic) bond motifs is 14. The average molecular weight is 869 g/mol. The highest BCUT2D eigenvalue weighted by atomic mass is 16.3. The predicted molar refractivity (Wildman–Crippen MR) is 279 cm³/mol. The molecule has 11 aromatic carbocycles. The molecule has 4 heterocycles. The SMILES string of the molecule is CC1(c2ccc3c(oc4cc5ccccc5cc43)c2-n2c3cc4ccccc4cc3c3ccc4ccccc4c32)N=C(c2c#cc3ccccc3c2)N=C(c2cccc3oc4ccccc4c23)N1. The zero-order valence-corrected chi connectivity index (χ0v) is 36.6. The van der Waals surface area contributed by atoms with Crippen LogP contribution in [0.2, 0.25) is 0 Å². The van der Waals surface area contributed by atoms with E-state index in [0.29, 0.717) is 11.7 Å². The van der Waals surface area contributed by atoms with Crippen LogP contribution in [0.1, 0.15) is 23.6 Å². The lowest BCUT2D eigenvalue weighted by molar-refractivity contribution is 0.453. The van der Waals surface area contributed by atoms with Crippen molar-refractivity contribution < 1.29 is 8.83 Å². The van der Waals surface area contributed by atoms with Gasteiger partial charge in [-0.15, -0.1) is 0 Å². The molecule has 1 aliphatic heterocycles. The molecule has 6 heteroatoms. The smallest absolute Gasteiger partial charge is 0.168 e. The first-order chi connectivity index (χ1) is 33.5. The highest BCUT2D eigenvalue weighted by molar-refractivity contribution is 6.24. The third kappa shape index (κ3) is 5.30. The highest BCUT2D eigenvalue weighted by Crippen LogP contribution is 2.46. The van der Waals surface area contributed by atoms with Crippen molar-refractivity contribution in [1.29, 1.82) is 0 Å². The normalized spacial score (nSPS) is 15.4. The van der Waals surface area contributed by atoms with Crippen LogP contribution in [-0.4, -0.2) is 16.2 Å². The van der Waals surface area contributed by atoms with Crippen molar-refractivity contribution in [2.24, 2.45) is 9.98 Å². The van der Waals surface area contributed by atoms with Gasteiger partial charge in [0.05, 0.1) is 22.3 Å². The topological polar surface area (TPSA) is 68.0 Å². The summed E-state index contributed by atoms with van der Waals surface area (Å²) in [5.74, 6) is 1.20. The summed E-state index contributed by atoms with van der Waals surface area (Å²) >= 11 is 0. The number of hydrogen-bond donors (Lipinski definition) is 1. The summed E-state index contributed by atoms with van der Waals surface area (Å²) < 4.78 is 16.2. The van der Waals surface area contributed by atoms with Crippen LogP contribution in [0.15, 0.2) is 213 Å². The molecule has 0 aliphatic carbocycles. The lowest BCUT2D eigenvalue weighted by Gasteiger charge is -2.34. The number of aromatic nitrogens is 1. The fraction of sp³-hybridized carbons (Fsp3) is 0.0323. The molecule has 6 nitrogen and oxygen atoms in total. The van der Waals surface area contributed by atoms with Gasteiger partial charge in [0.15, 0.2) is 17.1 Å². The van der Waals surface area contributed by atoms with Gasteiger partial charge in [0, 0.05) is 54.2 Å². The zero-order valence-electron chi connectivity index (χ0n) is 36.6. The number of hydrogen-bond acceptors (Lipinski definition) is 5. The Kier molecular flexibility index (Phi) is 7.46. The van der Waals surface area contributed by atoms with Gasteiger partial charge in [-0.1, -0.05) is 152 Å². The minimum absolute atomic E-state index is 0.536. The molecule has 68 heavy (non-hydrogen) atoms. The second kappa shape index (κ2) is 13.7. The fourth-order valence-corrected chi connectivity index (χ4v) is 11.0. The maximum Gasteiger partial charge on any atom is 0.168 e. The molecule has 0 fully saturated rings. The molecule has 0 saturated carbocycles. The van der Waals surface area contributed by atoms with Gasteiger partial charge in [-0.2, -0.15) is 0 Å². The molecule has 1 N–H and O–H groups in total. The van der Waals surface area contributed by atoms with Crippen LogP contribution in [0.3, 0.4) is 0 Å². The molecule has 1 aliphatic rings. The second-order valence-corrected chi connectivity index (χ2v) is 18.1. The van der Waals surface area contributed by atoms with Crippen LogP contribution in [-0.2, 0) is 5.66 Å². The number of nitrogens with zero attached hydrogens (tertiary/aromatic N) is 3. The van der Waals surface area contributed by atoms with Crippen molar-refractivity contribution in [3.8, 4) is 5.69 Å². The Morgan fingerprint density at radius 1 is 0.500 bits per heavy atom. The van der Waals surface area contributed by atoms with Crippen LogP contribution in [0.5, 0.6) is 0 Å². The van der Waals surface area contributed by atoms with E-state index in [4.69, 9.17) is 18.8 Å². The number of aliphatic imine (C=N–C) groups is 2. The molecule has 14 aromatic rings. The summed E-state index contributed by atoms with van der Waals surface area (Å²) in [4.78, 5) is 11.1. The van der Waals surface area contributed by atoms with Crippen molar-refractivity contribution in [3.05, 3.63) is 223 Å². The Morgan fingerprint density at radius 3 is 2.01 bits per heavy atom. The Bertz CT molecular complexity index is 4570. The summed E-state index contributed by atoms with van der Waals surface area (Å²) in [6, 6.07) is 75.5. The predicted octanol–water partition coefficient (Wildman–Crippen LogP) is 15.5. The first-order valence-corrected chi connectivity index (χ1v) is 23.0. The third-order valence-electron chi connectivity index (χ3n) is 14.1. The molecule has 316 valence electrons. The first kappa shape index (κ1) is 37.1. The Labute approximate surface area is 388 Å². The van der Waals surface area contributed by atoms with Crippen LogP contribution in [0.25, 0.3) is 114 Å². The van der Waals surface area contributed by atoms with Crippen LogP contribution in [0, 0.1) is 12.1 Å². The first-order valence-electron chi connectivity index (χ1n) is 23.0. The highest BCUT2D eigenvalue weighted by Gasteiger charge is 2.38. The zero-order chi connectivity index (χ0) is 44.7. The van der Waals surface area contributed by atoms with E-state index in [1.807, 2.05) is 36.4 Å². The number of nitrogens with one attached hydrogen (secondary N) is 1. The van der Waals surface area contributed by atoms with Crippen LogP contribution in [0.4, 0.5) is 0 Å². The van der Waals surface area contributed by atoms with Gasteiger partial charge in [-0.25, -0.2) is 9.98 Å². The molecule has 0 bridgehead atoms. The molecular weight excluding hydrogens is 833 g/mol. The number of amidine groups is 2. The van der Waals surface area contributed by atoms with Crippen molar-refractivity contribution in [2.45, 2.75) is 12.6 Å². The van der Waals surface area contributed by atoms with Gasteiger partial charge in [-0.05, 0) is 93.8 Å². The summed E-state index contributed by atoms with van der Waals surface area (Å²) in [7, 11) is 0. The molecule has 0 amide bonds. The number of para-hydroxylation sites is 1. The lowest BCUT2D eigenvalue weighted by Crippen LogP contribution is -2.47. The summed E-state index contributed by atoms with van der Waals surface area (Å²) in [5.41, 5.74) is 7.67. The van der Waals surface area contributed by atoms with E-state index < -0.39 is 5.66 Å². The van der Waals surface area contributed by atoms with E-state index in [1.54, 1.807) is 0 Å². The van der Waals surface area contributed by atoms with E-state index in [2.05, 4.69) is 187 Å². The van der Waals surface area contributed by atoms with Gasteiger partial charge < -0.3 is 18.7 Å². The van der Waals surface area contributed by atoms with Crippen molar-refractivity contribution in [2.75, 3.05) is 0 Å². The minimum atomic E-state index is -1.13. The van der Waals surface area contributed by atoms with Crippen LogP contribution < -0.4 is 5.32 Å². The van der Waals surface area contributed by atoms with Gasteiger partial charge in [0.25, 0.3) is 0 Å². The number of furan rings is 2. The van der Waals surface area contributed by atoms with Gasteiger partial charge >= 0.3 is 0 Å². The maximum absolute atomic E-state index is 7.31.